The van der Waals surface area contributed by atoms with Gasteiger partial charge in [0, 0.05) is 11.1 Å². The molecule has 1 aromatic heterocycles. The summed E-state index contributed by atoms with van der Waals surface area (Å²) in [6.07, 6.45) is 0.528. The van der Waals surface area contributed by atoms with E-state index in [-0.39, 0.29) is 11.7 Å². The third kappa shape index (κ3) is 4.75. The molecular weight excluding hydrogens is 386 g/mol. The number of hydrogen-bond acceptors (Lipinski definition) is 6. The third-order valence-electron chi connectivity index (χ3n) is 4.35. The quantitative estimate of drug-likeness (QED) is 0.455. The summed E-state index contributed by atoms with van der Waals surface area (Å²) in [4.78, 5) is 12.4. The van der Waals surface area contributed by atoms with Crippen LogP contribution in [0.3, 0.4) is 0 Å². The van der Waals surface area contributed by atoms with E-state index in [0.717, 1.165) is 27.8 Å². The summed E-state index contributed by atoms with van der Waals surface area (Å²) in [6, 6.07) is 21.4. The van der Waals surface area contributed by atoms with Gasteiger partial charge in [-0.25, -0.2) is 0 Å². The molecule has 0 radical (unpaired) electrons. The number of nitrogens with zero attached hydrogens (tertiary/aromatic N) is 2. The topological polar surface area (TPSA) is 77.2 Å². The number of aromatic nitrogens is 2. The SMILES string of the molecule is COc1ccc(Cc2nnc(SCC(=O)Nc3cccc4ccccc34)o2)cc1. The van der Waals surface area contributed by atoms with Crippen LogP contribution in [0, 0.1) is 0 Å². The van der Waals surface area contributed by atoms with E-state index in [4.69, 9.17) is 9.15 Å². The molecule has 4 rings (SSSR count). The van der Waals surface area contributed by atoms with Gasteiger partial charge in [0.25, 0.3) is 5.22 Å². The molecule has 4 aromatic rings. The number of ether oxygens (including phenoxy) is 1. The maximum atomic E-state index is 12.4. The zero-order valence-corrected chi connectivity index (χ0v) is 16.6. The normalized spacial score (nSPS) is 10.8. The maximum absolute atomic E-state index is 12.4. The highest BCUT2D eigenvalue weighted by molar-refractivity contribution is 7.99. The minimum absolute atomic E-state index is 0.124. The van der Waals surface area contributed by atoms with Crippen LogP contribution < -0.4 is 10.1 Å². The average molecular weight is 405 g/mol. The van der Waals surface area contributed by atoms with Crippen molar-refractivity contribution < 1.29 is 13.9 Å². The lowest BCUT2D eigenvalue weighted by Gasteiger charge is -2.07. The summed E-state index contributed by atoms with van der Waals surface area (Å²) in [5.41, 5.74) is 1.83. The summed E-state index contributed by atoms with van der Waals surface area (Å²) in [5, 5.41) is 13.5. The molecule has 0 aliphatic heterocycles. The van der Waals surface area contributed by atoms with Gasteiger partial charge >= 0.3 is 0 Å². The van der Waals surface area contributed by atoms with Crippen LogP contribution in [0.5, 0.6) is 5.75 Å². The van der Waals surface area contributed by atoms with Gasteiger partial charge in [0.15, 0.2) is 0 Å². The highest BCUT2D eigenvalue weighted by Crippen LogP contribution is 2.24. The summed E-state index contributed by atoms with van der Waals surface area (Å²) < 4.78 is 10.8. The van der Waals surface area contributed by atoms with Gasteiger partial charge in [0.1, 0.15) is 5.75 Å². The molecule has 0 aliphatic rings. The number of amides is 1. The fourth-order valence-electron chi connectivity index (χ4n) is 2.93. The van der Waals surface area contributed by atoms with Crippen molar-refractivity contribution in [3.05, 3.63) is 78.2 Å². The Kier molecular flexibility index (Phi) is 5.76. The number of methoxy groups -OCH3 is 1. The zero-order chi connectivity index (χ0) is 20.1. The van der Waals surface area contributed by atoms with Gasteiger partial charge in [-0.2, -0.15) is 0 Å². The van der Waals surface area contributed by atoms with Crippen LogP contribution in [-0.4, -0.2) is 29.0 Å². The molecule has 0 spiro atoms. The molecule has 0 unspecified atom stereocenters. The Balaban J connectivity index is 1.33. The summed E-state index contributed by atoms with van der Waals surface area (Å²) in [5.74, 6) is 1.37. The molecule has 0 saturated carbocycles. The van der Waals surface area contributed by atoms with Crippen LogP contribution in [0.4, 0.5) is 5.69 Å². The number of carbonyl (C=O) groups is 1. The highest BCUT2D eigenvalue weighted by Gasteiger charge is 2.11. The van der Waals surface area contributed by atoms with Gasteiger partial charge in [-0.15, -0.1) is 10.2 Å². The second-order valence-electron chi connectivity index (χ2n) is 6.35. The molecule has 0 aliphatic carbocycles. The van der Waals surface area contributed by atoms with Gasteiger partial charge in [-0.05, 0) is 29.1 Å². The number of rotatable bonds is 7. The second-order valence-corrected chi connectivity index (χ2v) is 7.28. The molecule has 0 atom stereocenters. The molecule has 1 heterocycles. The van der Waals surface area contributed by atoms with Crippen LogP contribution in [0.1, 0.15) is 11.5 Å². The van der Waals surface area contributed by atoms with Crippen molar-refractivity contribution in [2.75, 3.05) is 18.2 Å². The van der Waals surface area contributed by atoms with Crippen LogP contribution in [0.2, 0.25) is 0 Å². The van der Waals surface area contributed by atoms with Gasteiger partial charge in [-0.3, -0.25) is 4.79 Å². The first-order chi connectivity index (χ1) is 14.2. The van der Waals surface area contributed by atoms with E-state index in [9.17, 15) is 4.79 Å². The Morgan fingerprint density at radius 3 is 2.66 bits per heavy atom. The summed E-state index contributed by atoms with van der Waals surface area (Å²) >= 11 is 1.22. The fourth-order valence-corrected chi connectivity index (χ4v) is 3.51. The monoisotopic (exact) mass is 405 g/mol. The molecule has 1 N–H and O–H groups in total. The van der Waals surface area contributed by atoms with Crippen LogP contribution >= 0.6 is 11.8 Å². The second kappa shape index (κ2) is 8.79. The van der Waals surface area contributed by atoms with Crippen molar-refractivity contribution in [2.45, 2.75) is 11.6 Å². The average Bonchev–Trinajstić information content (AvgIpc) is 3.20. The molecule has 29 heavy (non-hydrogen) atoms. The Morgan fingerprint density at radius 2 is 1.83 bits per heavy atom. The maximum Gasteiger partial charge on any atom is 0.277 e. The molecule has 0 bridgehead atoms. The molecular formula is C22H19N3O3S. The van der Waals surface area contributed by atoms with Crippen molar-refractivity contribution in [3.63, 3.8) is 0 Å². The minimum Gasteiger partial charge on any atom is -0.497 e. The summed E-state index contributed by atoms with van der Waals surface area (Å²) in [6.45, 7) is 0. The van der Waals surface area contributed by atoms with E-state index in [1.54, 1.807) is 7.11 Å². The van der Waals surface area contributed by atoms with Gasteiger partial charge in [0.2, 0.25) is 11.8 Å². The molecule has 146 valence electrons. The zero-order valence-electron chi connectivity index (χ0n) is 15.8. The number of hydrogen-bond donors (Lipinski definition) is 1. The van der Waals surface area contributed by atoms with Crippen molar-refractivity contribution in [3.8, 4) is 5.75 Å². The predicted molar refractivity (Wildman–Crippen MR) is 113 cm³/mol. The number of anilines is 1. The number of benzene rings is 3. The lowest BCUT2D eigenvalue weighted by Crippen LogP contribution is -2.14. The largest absolute Gasteiger partial charge is 0.497 e. The Hall–Kier alpha value is -3.32. The lowest BCUT2D eigenvalue weighted by atomic mass is 10.1. The highest BCUT2D eigenvalue weighted by atomic mass is 32.2. The molecule has 3 aromatic carbocycles. The molecule has 0 saturated heterocycles. The number of carbonyl (C=O) groups excluding carboxylic acids is 1. The minimum atomic E-state index is -0.124. The Labute approximate surface area is 172 Å². The standard InChI is InChI=1S/C22H19N3O3S/c1-27-17-11-9-15(10-12-17)13-21-24-25-22(28-21)29-14-20(26)23-19-8-4-6-16-5-2-3-7-18(16)19/h2-12H,13-14H2,1H3,(H,23,26). The van der Waals surface area contributed by atoms with Crippen molar-refractivity contribution in [1.29, 1.82) is 0 Å². The van der Waals surface area contributed by atoms with Crippen LogP contribution in [0.15, 0.2) is 76.4 Å². The Morgan fingerprint density at radius 1 is 1.03 bits per heavy atom. The Bertz CT molecular complexity index is 1120. The van der Waals surface area contributed by atoms with Gasteiger partial charge < -0.3 is 14.5 Å². The van der Waals surface area contributed by atoms with E-state index in [1.165, 1.54) is 11.8 Å². The van der Waals surface area contributed by atoms with Crippen LogP contribution in [-0.2, 0) is 11.2 Å². The third-order valence-corrected chi connectivity index (χ3v) is 5.17. The van der Waals surface area contributed by atoms with Gasteiger partial charge in [-0.1, -0.05) is 60.3 Å². The smallest absolute Gasteiger partial charge is 0.277 e. The molecule has 0 fully saturated rings. The first kappa shape index (κ1) is 19.0. The molecule has 6 nitrogen and oxygen atoms in total. The van der Waals surface area contributed by atoms with E-state index in [0.29, 0.717) is 17.5 Å². The first-order valence-electron chi connectivity index (χ1n) is 9.07. The number of thioether (sulfide) groups is 1. The molecule has 1 amide bonds. The molecule has 7 heteroatoms. The van der Waals surface area contributed by atoms with Crippen molar-refractivity contribution in [1.82, 2.24) is 10.2 Å². The fraction of sp³-hybridized carbons (Fsp3) is 0.136. The van der Waals surface area contributed by atoms with Crippen molar-refractivity contribution >= 4 is 34.1 Å². The van der Waals surface area contributed by atoms with Gasteiger partial charge in [0.05, 0.1) is 19.3 Å². The number of nitrogens with one attached hydrogen (secondary N) is 1. The van der Waals surface area contributed by atoms with E-state index < -0.39 is 0 Å². The van der Waals surface area contributed by atoms with E-state index >= 15 is 0 Å². The van der Waals surface area contributed by atoms with Crippen molar-refractivity contribution in [2.24, 2.45) is 0 Å². The van der Waals surface area contributed by atoms with Crippen LogP contribution in [0.25, 0.3) is 10.8 Å². The predicted octanol–water partition coefficient (Wildman–Crippen LogP) is 4.55. The first-order valence-corrected chi connectivity index (χ1v) is 10.1. The lowest BCUT2D eigenvalue weighted by molar-refractivity contribution is -0.113. The van der Waals surface area contributed by atoms with E-state index in [2.05, 4.69) is 15.5 Å². The summed E-state index contributed by atoms with van der Waals surface area (Å²) in [7, 11) is 1.63. The van der Waals surface area contributed by atoms with E-state index in [1.807, 2.05) is 66.7 Å². The number of fused-ring (bicyclic) bond motifs is 1.